The summed E-state index contributed by atoms with van der Waals surface area (Å²) in [6, 6.07) is 11.6. The molecule has 0 spiro atoms. The highest BCUT2D eigenvalue weighted by molar-refractivity contribution is 9.10. The molecule has 1 heterocycles. The zero-order valence-corrected chi connectivity index (χ0v) is 12.0. The van der Waals surface area contributed by atoms with Gasteiger partial charge in [-0.15, -0.1) is 0 Å². The zero-order chi connectivity index (χ0) is 12.8. The number of halogens is 1. The minimum Gasteiger partial charge on any atom is -0.612 e. The van der Waals surface area contributed by atoms with Crippen LogP contribution >= 0.6 is 15.9 Å². The molecule has 0 radical (unpaired) electrons. The lowest BCUT2D eigenvalue weighted by atomic mass is 10.2. The Hall–Kier alpha value is -1.10. The molecule has 92 valence electrons. The fourth-order valence-electron chi connectivity index (χ4n) is 1.42. The molecular weight excluding hydrogens is 310 g/mol. The minimum atomic E-state index is -0.994. The lowest BCUT2D eigenvalue weighted by Gasteiger charge is -2.05. The van der Waals surface area contributed by atoms with Gasteiger partial charge in [0.1, 0.15) is 11.2 Å². The number of aromatic nitrogens is 1. The Morgan fingerprint density at radius 1 is 1.11 bits per heavy atom. The molecule has 0 fully saturated rings. The highest BCUT2D eigenvalue weighted by Gasteiger charge is 2.03. The number of benzene rings is 1. The molecule has 0 aliphatic rings. The quantitative estimate of drug-likeness (QED) is 0.804. The summed E-state index contributed by atoms with van der Waals surface area (Å²) in [5, 5.41) is 1.72. The molecule has 2 aromatic rings. The van der Waals surface area contributed by atoms with E-state index in [0.717, 1.165) is 15.6 Å². The van der Waals surface area contributed by atoms with Gasteiger partial charge in [0.25, 0.3) is 0 Å². The third-order valence-corrected chi connectivity index (χ3v) is 3.93. The van der Waals surface area contributed by atoms with Crippen molar-refractivity contribution < 1.29 is 4.55 Å². The maximum Gasteiger partial charge on any atom is 0.135 e. The molecule has 18 heavy (non-hydrogen) atoms. The first-order chi connectivity index (χ1) is 8.74. The van der Waals surface area contributed by atoms with Crippen molar-refractivity contribution in [2.75, 3.05) is 0 Å². The van der Waals surface area contributed by atoms with Gasteiger partial charge in [-0.05, 0) is 47.1 Å². The van der Waals surface area contributed by atoms with Crippen LogP contribution < -0.4 is 0 Å². The van der Waals surface area contributed by atoms with Crippen LogP contribution in [0.5, 0.6) is 0 Å². The second-order valence-electron chi connectivity index (χ2n) is 3.73. The summed E-state index contributed by atoms with van der Waals surface area (Å²) in [6.45, 7) is 0. The maximum atomic E-state index is 11.9. The van der Waals surface area contributed by atoms with Crippen LogP contribution in [0.1, 0.15) is 11.1 Å². The third kappa shape index (κ3) is 4.29. The van der Waals surface area contributed by atoms with Crippen LogP contribution in [-0.2, 0) is 16.9 Å². The normalized spacial score (nSPS) is 12.8. The van der Waals surface area contributed by atoms with Gasteiger partial charge in [-0.3, -0.25) is 4.98 Å². The Balaban J connectivity index is 1.94. The number of nitrogens with zero attached hydrogens (tertiary/aromatic N) is 1. The summed E-state index contributed by atoms with van der Waals surface area (Å²) in [4.78, 5) is 3.93. The number of rotatable bonds is 4. The largest absolute Gasteiger partial charge is 0.612 e. The minimum absolute atomic E-state index is 0.537. The van der Waals surface area contributed by atoms with Crippen molar-refractivity contribution in [3.63, 3.8) is 0 Å². The van der Waals surface area contributed by atoms with Crippen LogP contribution in [0.15, 0.2) is 58.7 Å². The molecular formula is C14H12BrNOS. The van der Waals surface area contributed by atoms with E-state index in [-0.39, 0.29) is 0 Å². The van der Waals surface area contributed by atoms with E-state index >= 15 is 0 Å². The maximum absolute atomic E-state index is 11.9. The molecule has 1 atom stereocenters. The van der Waals surface area contributed by atoms with E-state index in [9.17, 15) is 4.55 Å². The second-order valence-corrected chi connectivity index (χ2v) is 5.97. The molecule has 0 bridgehead atoms. The van der Waals surface area contributed by atoms with Gasteiger partial charge in [-0.2, -0.15) is 0 Å². The molecule has 4 heteroatoms. The van der Waals surface area contributed by atoms with Crippen molar-refractivity contribution in [1.29, 1.82) is 0 Å². The molecule has 1 aromatic heterocycles. The highest BCUT2D eigenvalue weighted by atomic mass is 79.9. The van der Waals surface area contributed by atoms with Gasteiger partial charge in [0.2, 0.25) is 0 Å². The third-order valence-electron chi connectivity index (χ3n) is 2.34. The van der Waals surface area contributed by atoms with Gasteiger partial charge >= 0.3 is 0 Å². The van der Waals surface area contributed by atoms with Crippen LogP contribution in [-0.4, -0.2) is 9.54 Å². The SMILES string of the molecule is [O-][S+](/C=C/c1ccncc1)Cc1ccc(Br)cc1. The van der Waals surface area contributed by atoms with E-state index < -0.39 is 11.2 Å². The average Bonchev–Trinajstić information content (AvgIpc) is 2.40. The Morgan fingerprint density at radius 3 is 2.44 bits per heavy atom. The van der Waals surface area contributed by atoms with Crippen molar-refractivity contribution in [2.45, 2.75) is 5.75 Å². The van der Waals surface area contributed by atoms with E-state index in [0.29, 0.717) is 5.75 Å². The number of pyridine rings is 1. The molecule has 1 unspecified atom stereocenters. The average molecular weight is 322 g/mol. The smallest absolute Gasteiger partial charge is 0.135 e. The van der Waals surface area contributed by atoms with E-state index in [1.54, 1.807) is 17.8 Å². The van der Waals surface area contributed by atoms with Gasteiger partial charge in [0.15, 0.2) is 0 Å². The van der Waals surface area contributed by atoms with Crippen LogP contribution in [0.3, 0.4) is 0 Å². The molecule has 2 nitrogen and oxygen atoms in total. The lowest BCUT2D eigenvalue weighted by Crippen LogP contribution is -1.99. The van der Waals surface area contributed by atoms with Crippen molar-refractivity contribution in [1.82, 2.24) is 4.98 Å². The fourth-order valence-corrected chi connectivity index (χ4v) is 2.61. The summed E-state index contributed by atoms with van der Waals surface area (Å²) in [5.74, 6) is 0.537. The van der Waals surface area contributed by atoms with Crippen molar-refractivity contribution >= 4 is 33.2 Å². The molecule has 0 N–H and O–H groups in total. The van der Waals surface area contributed by atoms with Crippen molar-refractivity contribution in [2.24, 2.45) is 0 Å². The predicted octanol–water partition coefficient (Wildman–Crippen LogP) is 3.76. The molecule has 0 saturated carbocycles. The van der Waals surface area contributed by atoms with E-state index in [4.69, 9.17) is 0 Å². The summed E-state index contributed by atoms with van der Waals surface area (Å²) in [6.07, 6.45) is 5.30. The first kappa shape index (κ1) is 13.3. The van der Waals surface area contributed by atoms with E-state index in [2.05, 4.69) is 20.9 Å². The summed E-state index contributed by atoms with van der Waals surface area (Å²) in [5.41, 5.74) is 2.07. The van der Waals surface area contributed by atoms with Crippen molar-refractivity contribution in [3.05, 3.63) is 69.8 Å². The van der Waals surface area contributed by atoms with Gasteiger partial charge in [0, 0.05) is 22.4 Å². The van der Waals surface area contributed by atoms with Crippen LogP contribution in [0, 0.1) is 0 Å². The molecule has 0 saturated heterocycles. The van der Waals surface area contributed by atoms with E-state index in [1.807, 2.05) is 42.5 Å². The van der Waals surface area contributed by atoms with Gasteiger partial charge in [0.05, 0.1) is 0 Å². The Bertz CT molecular complexity index is 513. The first-order valence-electron chi connectivity index (χ1n) is 5.44. The molecule has 2 rings (SSSR count). The molecule has 0 aliphatic carbocycles. The van der Waals surface area contributed by atoms with Gasteiger partial charge < -0.3 is 4.55 Å². The van der Waals surface area contributed by atoms with Crippen molar-refractivity contribution in [3.8, 4) is 0 Å². The number of hydrogen-bond donors (Lipinski definition) is 0. The second kappa shape index (κ2) is 6.73. The fraction of sp³-hybridized carbons (Fsp3) is 0.0714. The summed E-state index contributed by atoms with van der Waals surface area (Å²) in [7, 11) is 0. The van der Waals surface area contributed by atoms with Gasteiger partial charge in [-0.1, -0.05) is 28.1 Å². The first-order valence-corrected chi connectivity index (χ1v) is 7.61. The van der Waals surface area contributed by atoms with Gasteiger partial charge in [-0.25, -0.2) is 0 Å². The standard InChI is InChI=1S/C14H12BrNOS/c15-14-3-1-13(2-4-14)11-18(17)10-7-12-5-8-16-9-6-12/h1-10H,11H2/b10-7+. The summed E-state index contributed by atoms with van der Waals surface area (Å²) < 4.78 is 12.9. The Morgan fingerprint density at radius 2 is 1.78 bits per heavy atom. The predicted molar refractivity (Wildman–Crippen MR) is 79.3 cm³/mol. The highest BCUT2D eigenvalue weighted by Crippen LogP contribution is 2.14. The molecule has 0 amide bonds. The zero-order valence-electron chi connectivity index (χ0n) is 9.62. The Labute approximate surface area is 118 Å². The van der Waals surface area contributed by atoms with Crippen LogP contribution in [0.2, 0.25) is 0 Å². The topological polar surface area (TPSA) is 36.0 Å². The van der Waals surface area contributed by atoms with E-state index in [1.165, 1.54) is 0 Å². The summed E-state index contributed by atoms with van der Waals surface area (Å²) >= 11 is 2.38. The van der Waals surface area contributed by atoms with Crippen LogP contribution in [0.25, 0.3) is 6.08 Å². The lowest BCUT2D eigenvalue weighted by molar-refractivity contribution is 0.603. The van der Waals surface area contributed by atoms with Crippen LogP contribution in [0.4, 0.5) is 0 Å². The number of hydrogen-bond acceptors (Lipinski definition) is 2. The Kier molecular flexibility index (Phi) is 4.99. The molecule has 0 aliphatic heterocycles. The monoisotopic (exact) mass is 321 g/mol. The molecule has 1 aromatic carbocycles.